The van der Waals surface area contributed by atoms with E-state index in [-0.39, 0.29) is 11.8 Å². The first-order valence-corrected chi connectivity index (χ1v) is 7.30. The summed E-state index contributed by atoms with van der Waals surface area (Å²) in [5.74, 6) is -0.599. The van der Waals surface area contributed by atoms with E-state index in [9.17, 15) is 14.4 Å². The smallest absolute Gasteiger partial charge is 0.264 e. The van der Waals surface area contributed by atoms with Crippen molar-refractivity contribution < 1.29 is 14.4 Å². The molecule has 0 radical (unpaired) electrons. The summed E-state index contributed by atoms with van der Waals surface area (Å²) >= 11 is 1.22. The largest absolute Gasteiger partial charge is 0.366 e. The van der Waals surface area contributed by atoms with E-state index in [2.05, 4.69) is 0 Å². The SMILES string of the molecule is CC(=O)N1CCCN(C(=O)c2cc(C(N)=O)cs2)CC1. The van der Waals surface area contributed by atoms with E-state index in [1.807, 2.05) is 0 Å². The highest BCUT2D eigenvalue weighted by atomic mass is 32.1. The molecule has 1 aliphatic rings. The minimum atomic E-state index is -0.529. The van der Waals surface area contributed by atoms with Crippen LogP contribution in [-0.2, 0) is 4.79 Å². The molecular formula is C13H17N3O3S. The van der Waals surface area contributed by atoms with Gasteiger partial charge in [-0.1, -0.05) is 0 Å². The zero-order chi connectivity index (χ0) is 14.7. The minimum absolute atomic E-state index is 0.0337. The lowest BCUT2D eigenvalue weighted by Crippen LogP contribution is -2.36. The van der Waals surface area contributed by atoms with Gasteiger partial charge in [0.1, 0.15) is 0 Å². The van der Waals surface area contributed by atoms with Crippen LogP contribution in [-0.4, -0.2) is 53.7 Å². The van der Waals surface area contributed by atoms with Crippen molar-refractivity contribution in [1.82, 2.24) is 9.80 Å². The van der Waals surface area contributed by atoms with Crippen molar-refractivity contribution in [2.75, 3.05) is 26.2 Å². The third-order valence-electron chi connectivity index (χ3n) is 3.32. The zero-order valence-corrected chi connectivity index (χ0v) is 12.1. The predicted molar refractivity (Wildman–Crippen MR) is 75.6 cm³/mol. The van der Waals surface area contributed by atoms with Crippen LogP contribution in [0.25, 0.3) is 0 Å². The molecule has 0 aliphatic carbocycles. The Morgan fingerprint density at radius 3 is 2.40 bits per heavy atom. The van der Waals surface area contributed by atoms with Crippen molar-refractivity contribution in [1.29, 1.82) is 0 Å². The zero-order valence-electron chi connectivity index (χ0n) is 11.3. The quantitative estimate of drug-likeness (QED) is 0.864. The highest BCUT2D eigenvalue weighted by molar-refractivity contribution is 7.12. The molecule has 7 heteroatoms. The number of thiophene rings is 1. The van der Waals surface area contributed by atoms with E-state index in [4.69, 9.17) is 5.73 Å². The third kappa shape index (κ3) is 3.16. The normalized spacial score (nSPS) is 15.8. The van der Waals surface area contributed by atoms with Crippen LogP contribution in [0.2, 0.25) is 0 Å². The molecule has 0 atom stereocenters. The maximum Gasteiger partial charge on any atom is 0.264 e. The average Bonchev–Trinajstić information content (AvgIpc) is 2.76. The highest BCUT2D eigenvalue weighted by Gasteiger charge is 2.22. The summed E-state index contributed by atoms with van der Waals surface area (Å²) in [4.78, 5) is 38.7. The van der Waals surface area contributed by atoms with Gasteiger partial charge in [-0.15, -0.1) is 11.3 Å². The van der Waals surface area contributed by atoms with Crippen molar-refractivity contribution in [3.05, 3.63) is 21.9 Å². The van der Waals surface area contributed by atoms with Crippen LogP contribution in [0.1, 0.15) is 33.4 Å². The molecule has 2 N–H and O–H groups in total. The summed E-state index contributed by atoms with van der Waals surface area (Å²) in [5.41, 5.74) is 5.54. The number of hydrogen-bond donors (Lipinski definition) is 1. The number of carbonyl (C=O) groups excluding carboxylic acids is 3. The molecule has 6 nitrogen and oxygen atoms in total. The Labute approximate surface area is 121 Å². The van der Waals surface area contributed by atoms with Gasteiger partial charge in [-0.3, -0.25) is 14.4 Å². The van der Waals surface area contributed by atoms with Gasteiger partial charge < -0.3 is 15.5 Å². The van der Waals surface area contributed by atoms with Crippen LogP contribution in [0.15, 0.2) is 11.4 Å². The van der Waals surface area contributed by atoms with Gasteiger partial charge in [-0.25, -0.2) is 0 Å². The average molecular weight is 295 g/mol. The van der Waals surface area contributed by atoms with Crippen molar-refractivity contribution in [3.63, 3.8) is 0 Å². The van der Waals surface area contributed by atoms with Crippen LogP contribution >= 0.6 is 11.3 Å². The van der Waals surface area contributed by atoms with Gasteiger partial charge in [-0.2, -0.15) is 0 Å². The van der Waals surface area contributed by atoms with Gasteiger partial charge in [-0.05, 0) is 12.5 Å². The van der Waals surface area contributed by atoms with Crippen LogP contribution in [0.3, 0.4) is 0 Å². The van der Waals surface area contributed by atoms with E-state index in [0.717, 1.165) is 6.42 Å². The molecule has 108 valence electrons. The molecule has 20 heavy (non-hydrogen) atoms. The summed E-state index contributed by atoms with van der Waals surface area (Å²) in [6.45, 7) is 3.90. The van der Waals surface area contributed by atoms with Crippen molar-refractivity contribution in [2.45, 2.75) is 13.3 Å². The lowest BCUT2D eigenvalue weighted by atomic mass is 10.3. The second kappa shape index (κ2) is 6.04. The number of rotatable bonds is 2. The summed E-state index contributed by atoms with van der Waals surface area (Å²) in [6, 6.07) is 1.53. The fourth-order valence-electron chi connectivity index (χ4n) is 2.17. The Hall–Kier alpha value is -1.89. The topological polar surface area (TPSA) is 83.7 Å². The van der Waals surface area contributed by atoms with Crippen molar-refractivity contribution in [3.8, 4) is 0 Å². The van der Waals surface area contributed by atoms with E-state index >= 15 is 0 Å². The van der Waals surface area contributed by atoms with Crippen LogP contribution in [0, 0.1) is 0 Å². The fraction of sp³-hybridized carbons (Fsp3) is 0.462. The molecule has 0 aromatic carbocycles. The van der Waals surface area contributed by atoms with Gasteiger partial charge in [0.15, 0.2) is 0 Å². The van der Waals surface area contributed by atoms with E-state index < -0.39 is 5.91 Å². The highest BCUT2D eigenvalue weighted by Crippen LogP contribution is 2.17. The lowest BCUT2D eigenvalue weighted by Gasteiger charge is -2.20. The molecule has 1 fully saturated rings. The van der Waals surface area contributed by atoms with Crippen LogP contribution in [0.5, 0.6) is 0 Å². The molecule has 0 saturated carbocycles. The molecule has 2 heterocycles. The maximum atomic E-state index is 12.3. The number of nitrogens with zero attached hydrogens (tertiary/aromatic N) is 2. The van der Waals surface area contributed by atoms with Crippen LogP contribution < -0.4 is 5.73 Å². The van der Waals surface area contributed by atoms with E-state index in [1.54, 1.807) is 15.2 Å². The van der Waals surface area contributed by atoms with Gasteiger partial charge >= 0.3 is 0 Å². The number of primary amides is 1. The Kier molecular flexibility index (Phi) is 4.39. The summed E-state index contributed by atoms with van der Waals surface area (Å²) in [6.07, 6.45) is 0.763. The second-order valence-corrected chi connectivity index (χ2v) is 5.63. The first-order chi connectivity index (χ1) is 9.49. The van der Waals surface area contributed by atoms with Crippen LogP contribution in [0.4, 0.5) is 0 Å². The third-order valence-corrected chi connectivity index (χ3v) is 4.24. The maximum absolute atomic E-state index is 12.3. The molecule has 1 aromatic heterocycles. The second-order valence-electron chi connectivity index (χ2n) is 4.72. The number of amides is 3. The molecule has 1 saturated heterocycles. The molecule has 1 aliphatic heterocycles. The number of nitrogens with two attached hydrogens (primary N) is 1. The number of hydrogen-bond acceptors (Lipinski definition) is 4. The van der Waals surface area contributed by atoms with E-state index in [1.165, 1.54) is 24.3 Å². The monoisotopic (exact) mass is 295 g/mol. The van der Waals surface area contributed by atoms with Gasteiger partial charge in [0.2, 0.25) is 11.8 Å². The molecule has 3 amide bonds. The number of carbonyl (C=O) groups is 3. The summed E-state index contributed by atoms with van der Waals surface area (Å²) in [7, 11) is 0. The first-order valence-electron chi connectivity index (χ1n) is 6.42. The molecule has 0 unspecified atom stereocenters. The first kappa shape index (κ1) is 14.5. The molecule has 0 spiro atoms. The van der Waals surface area contributed by atoms with Crippen molar-refractivity contribution in [2.24, 2.45) is 5.73 Å². The molecular weight excluding hydrogens is 278 g/mol. The summed E-state index contributed by atoms with van der Waals surface area (Å²) in [5, 5.41) is 1.59. The fourth-order valence-corrected chi connectivity index (χ4v) is 3.03. The lowest BCUT2D eigenvalue weighted by molar-refractivity contribution is -0.128. The van der Waals surface area contributed by atoms with Crippen molar-refractivity contribution >= 4 is 29.1 Å². The Morgan fingerprint density at radius 1 is 1.15 bits per heavy atom. The van der Waals surface area contributed by atoms with Gasteiger partial charge in [0, 0.05) is 38.5 Å². The standard InChI is InChI=1S/C13H17N3O3S/c1-9(17)15-3-2-4-16(6-5-15)13(19)11-7-10(8-20-11)12(14)18/h7-8H,2-6H2,1H3,(H2,14,18). The Balaban J connectivity index is 2.05. The summed E-state index contributed by atoms with van der Waals surface area (Å²) < 4.78 is 0. The minimum Gasteiger partial charge on any atom is -0.366 e. The molecule has 2 rings (SSSR count). The Bertz CT molecular complexity index is 541. The predicted octanol–water partition coefficient (Wildman–Crippen LogP) is 0.541. The van der Waals surface area contributed by atoms with E-state index in [0.29, 0.717) is 36.6 Å². The van der Waals surface area contributed by atoms with Gasteiger partial charge in [0.05, 0.1) is 10.4 Å². The molecule has 0 bridgehead atoms. The Morgan fingerprint density at radius 2 is 1.80 bits per heavy atom. The van der Waals surface area contributed by atoms with Gasteiger partial charge in [0.25, 0.3) is 5.91 Å². The molecule has 1 aromatic rings.